The van der Waals surface area contributed by atoms with Crippen molar-refractivity contribution in [2.45, 2.75) is 19.1 Å². The number of aromatic nitrogens is 4. The predicted molar refractivity (Wildman–Crippen MR) is 139 cm³/mol. The Morgan fingerprint density at radius 3 is 2.55 bits per heavy atom. The molecule has 2 aromatic heterocycles. The van der Waals surface area contributed by atoms with Crippen molar-refractivity contribution in [3.05, 3.63) is 47.4 Å². The Bertz CT molecular complexity index is 1410. The van der Waals surface area contributed by atoms with E-state index in [0.29, 0.717) is 24.2 Å². The Hall–Kier alpha value is -3.43. The second-order valence-corrected chi connectivity index (χ2v) is 10.5. The molecule has 3 heterocycles. The maximum absolute atomic E-state index is 13.9. The molecule has 0 atom stereocenters. The first-order valence-electron chi connectivity index (χ1n) is 11.0. The monoisotopic (exact) mass is 574 g/mol. The van der Waals surface area contributed by atoms with E-state index in [2.05, 4.69) is 35.9 Å². The standard InChI is InChI=1S/C22H25F3N8O3S.ClH/c1-33(20-18(27-6-7-28-20)30-12-37(3,34)35)19-15(22(23,24)25)11-29-21(32-19)31-16-8-13-4-5-26-10-14(13)9-17(16)36-2;/h6-9,11,26H,4-5,10,12H2,1-3H3,(H,27,30)(H,29,31,32);1H. The highest BCUT2D eigenvalue weighted by atomic mass is 35.5. The molecule has 0 unspecified atom stereocenters. The average molecular weight is 575 g/mol. The summed E-state index contributed by atoms with van der Waals surface area (Å²) in [7, 11) is -0.626. The van der Waals surface area contributed by atoms with Crippen LogP contribution in [0.4, 0.5) is 42.3 Å². The van der Waals surface area contributed by atoms with E-state index in [1.807, 2.05) is 12.1 Å². The minimum absolute atomic E-state index is 0. The van der Waals surface area contributed by atoms with Gasteiger partial charge in [-0.2, -0.15) is 18.2 Å². The summed E-state index contributed by atoms with van der Waals surface area (Å²) in [5.74, 6) is -0.683. The van der Waals surface area contributed by atoms with Gasteiger partial charge < -0.3 is 25.6 Å². The fourth-order valence-electron chi connectivity index (χ4n) is 3.79. The van der Waals surface area contributed by atoms with Gasteiger partial charge in [0.1, 0.15) is 17.2 Å². The largest absolute Gasteiger partial charge is 0.495 e. The lowest BCUT2D eigenvalue weighted by molar-refractivity contribution is -0.137. The van der Waals surface area contributed by atoms with Crippen molar-refractivity contribution in [3.8, 4) is 5.75 Å². The Balaban J connectivity index is 0.00000400. The molecule has 1 aromatic carbocycles. The summed E-state index contributed by atoms with van der Waals surface area (Å²) >= 11 is 0. The minimum Gasteiger partial charge on any atom is -0.495 e. The van der Waals surface area contributed by atoms with E-state index in [4.69, 9.17) is 4.74 Å². The third kappa shape index (κ3) is 6.71. The number of rotatable bonds is 8. The molecule has 38 heavy (non-hydrogen) atoms. The summed E-state index contributed by atoms with van der Waals surface area (Å²) in [6.45, 7) is 1.49. The van der Waals surface area contributed by atoms with Crippen molar-refractivity contribution in [2.24, 2.45) is 0 Å². The number of nitrogens with zero attached hydrogens (tertiary/aromatic N) is 5. The first-order valence-corrected chi connectivity index (χ1v) is 13.1. The van der Waals surface area contributed by atoms with Crippen LogP contribution in [0.1, 0.15) is 16.7 Å². The number of sulfone groups is 1. The van der Waals surface area contributed by atoms with Crippen LogP contribution in [0, 0.1) is 0 Å². The Morgan fingerprint density at radius 1 is 1.13 bits per heavy atom. The van der Waals surface area contributed by atoms with Gasteiger partial charge in [-0.3, -0.25) is 0 Å². The predicted octanol–water partition coefficient (Wildman–Crippen LogP) is 3.29. The quantitative estimate of drug-likeness (QED) is 0.366. The zero-order chi connectivity index (χ0) is 26.8. The van der Waals surface area contributed by atoms with Crippen molar-refractivity contribution in [1.29, 1.82) is 0 Å². The zero-order valence-electron chi connectivity index (χ0n) is 20.6. The van der Waals surface area contributed by atoms with Crippen molar-refractivity contribution in [3.63, 3.8) is 0 Å². The highest BCUT2D eigenvalue weighted by Gasteiger charge is 2.37. The van der Waals surface area contributed by atoms with Crippen molar-refractivity contribution >= 4 is 51.3 Å². The number of anilines is 5. The molecule has 1 aliphatic rings. The topological polar surface area (TPSA) is 134 Å². The Labute approximate surface area is 223 Å². The number of benzene rings is 1. The second-order valence-electron chi connectivity index (χ2n) is 8.34. The van der Waals surface area contributed by atoms with E-state index in [0.717, 1.165) is 35.2 Å². The molecule has 206 valence electrons. The molecule has 0 fully saturated rings. The summed E-state index contributed by atoms with van der Waals surface area (Å²) in [6.07, 6.45) is 0.258. The number of methoxy groups -OCH3 is 1. The van der Waals surface area contributed by atoms with Crippen LogP contribution in [0.15, 0.2) is 30.7 Å². The lowest BCUT2D eigenvalue weighted by Crippen LogP contribution is -2.24. The van der Waals surface area contributed by atoms with Gasteiger partial charge in [0.15, 0.2) is 27.3 Å². The molecule has 3 N–H and O–H groups in total. The van der Waals surface area contributed by atoms with E-state index >= 15 is 0 Å². The lowest BCUT2D eigenvalue weighted by Gasteiger charge is -2.24. The van der Waals surface area contributed by atoms with E-state index < -0.39 is 33.3 Å². The third-order valence-electron chi connectivity index (χ3n) is 5.54. The summed E-state index contributed by atoms with van der Waals surface area (Å²) < 4.78 is 70.4. The normalized spacial score (nSPS) is 13.2. The Morgan fingerprint density at radius 2 is 1.87 bits per heavy atom. The molecule has 0 bridgehead atoms. The maximum Gasteiger partial charge on any atom is 0.421 e. The molecule has 0 amide bonds. The van der Waals surface area contributed by atoms with Gasteiger partial charge in [0, 0.05) is 38.4 Å². The molecular formula is C22H26ClF3N8O3S. The second kappa shape index (κ2) is 11.5. The number of hydrogen-bond acceptors (Lipinski definition) is 11. The summed E-state index contributed by atoms with van der Waals surface area (Å²) in [5, 5.41) is 8.84. The van der Waals surface area contributed by atoms with Crippen molar-refractivity contribution in [1.82, 2.24) is 25.3 Å². The maximum atomic E-state index is 13.9. The molecule has 3 aromatic rings. The highest BCUT2D eigenvalue weighted by Crippen LogP contribution is 2.39. The SMILES string of the molecule is COc1cc2c(cc1Nc1ncc(C(F)(F)F)c(N(C)c3nccnc3NCS(C)(=O)=O)n1)CCNC2.Cl. The van der Waals surface area contributed by atoms with E-state index in [1.165, 1.54) is 26.6 Å². The first-order chi connectivity index (χ1) is 17.5. The molecule has 16 heteroatoms. The van der Waals surface area contributed by atoms with Crippen LogP contribution < -0.4 is 25.6 Å². The number of ether oxygens (including phenoxy) is 1. The molecular weight excluding hydrogens is 549 g/mol. The third-order valence-corrected chi connectivity index (χ3v) is 6.21. The molecule has 0 saturated heterocycles. The molecule has 11 nitrogen and oxygen atoms in total. The van der Waals surface area contributed by atoms with Crippen molar-refractivity contribution in [2.75, 3.05) is 48.4 Å². The number of fused-ring (bicyclic) bond motifs is 1. The van der Waals surface area contributed by atoms with Crippen molar-refractivity contribution < 1.29 is 26.3 Å². The fourth-order valence-corrected chi connectivity index (χ4v) is 4.19. The fraction of sp³-hybridized carbons (Fsp3) is 0.364. The number of alkyl halides is 3. The van der Waals surface area contributed by atoms with Gasteiger partial charge in [-0.25, -0.2) is 23.4 Å². The number of nitrogens with one attached hydrogen (secondary N) is 3. The Kier molecular flexibility index (Phi) is 8.84. The zero-order valence-corrected chi connectivity index (χ0v) is 22.3. The van der Waals surface area contributed by atoms with Gasteiger partial charge in [-0.15, -0.1) is 12.4 Å². The molecule has 0 aliphatic carbocycles. The van der Waals surface area contributed by atoms with Gasteiger partial charge in [0.05, 0.1) is 12.8 Å². The average Bonchev–Trinajstić information content (AvgIpc) is 2.85. The summed E-state index contributed by atoms with van der Waals surface area (Å²) in [4.78, 5) is 17.2. The van der Waals surface area contributed by atoms with Crippen LogP contribution in [0.25, 0.3) is 0 Å². The van der Waals surface area contributed by atoms with Crippen LogP contribution >= 0.6 is 12.4 Å². The number of halogens is 4. The highest BCUT2D eigenvalue weighted by molar-refractivity contribution is 7.90. The van der Waals surface area contributed by atoms with Gasteiger partial charge in [0.2, 0.25) is 5.95 Å². The summed E-state index contributed by atoms with van der Waals surface area (Å²) in [6, 6.07) is 3.73. The van der Waals surface area contributed by atoms with Crippen LogP contribution in [0.5, 0.6) is 5.75 Å². The molecule has 1 aliphatic heterocycles. The van der Waals surface area contributed by atoms with Gasteiger partial charge >= 0.3 is 6.18 Å². The van der Waals surface area contributed by atoms with Gasteiger partial charge in [0.25, 0.3) is 0 Å². The van der Waals surface area contributed by atoms with Gasteiger partial charge in [-0.1, -0.05) is 0 Å². The minimum atomic E-state index is -4.78. The lowest BCUT2D eigenvalue weighted by atomic mass is 10.00. The summed E-state index contributed by atoms with van der Waals surface area (Å²) in [5.41, 5.74) is 1.54. The van der Waals surface area contributed by atoms with Crippen LogP contribution in [-0.2, 0) is 29.0 Å². The smallest absolute Gasteiger partial charge is 0.421 e. The van der Waals surface area contributed by atoms with Crippen LogP contribution in [0.3, 0.4) is 0 Å². The molecule has 0 spiro atoms. The molecule has 0 saturated carbocycles. The molecule has 0 radical (unpaired) electrons. The molecule has 4 rings (SSSR count). The van der Waals surface area contributed by atoms with Gasteiger partial charge in [-0.05, 0) is 36.2 Å². The number of hydrogen-bond donors (Lipinski definition) is 3. The van der Waals surface area contributed by atoms with E-state index in [9.17, 15) is 21.6 Å². The first kappa shape index (κ1) is 29.1. The van der Waals surface area contributed by atoms with E-state index in [1.54, 1.807) is 0 Å². The van der Waals surface area contributed by atoms with E-state index in [-0.39, 0.29) is 30.0 Å². The van der Waals surface area contributed by atoms with Crippen LogP contribution in [0.2, 0.25) is 0 Å². The van der Waals surface area contributed by atoms with Crippen LogP contribution in [-0.4, -0.2) is 61.2 Å².